The van der Waals surface area contributed by atoms with Crippen LogP contribution in [0.15, 0.2) is 195 Å². The zero-order chi connectivity index (χ0) is 32.9. The molecule has 0 bridgehead atoms. The molecular formula is C42H30Br3N3. The molecule has 0 spiro atoms. The van der Waals surface area contributed by atoms with Crippen molar-refractivity contribution in [3.05, 3.63) is 195 Å². The Kier molecular flexibility index (Phi) is 9.75. The Morgan fingerprint density at radius 2 is 0.438 bits per heavy atom. The van der Waals surface area contributed by atoms with Crippen LogP contribution in [0.4, 0.5) is 51.2 Å². The van der Waals surface area contributed by atoms with Crippen LogP contribution in [0, 0.1) is 0 Å². The van der Waals surface area contributed by atoms with E-state index in [0.29, 0.717) is 0 Å². The number of benzene rings is 7. The summed E-state index contributed by atoms with van der Waals surface area (Å²) in [6.45, 7) is 0. The smallest absolute Gasteiger partial charge is 0.0503 e. The highest BCUT2D eigenvalue weighted by atomic mass is 79.9. The summed E-state index contributed by atoms with van der Waals surface area (Å²) in [6.07, 6.45) is 0. The quantitative estimate of drug-likeness (QED) is 0.144. The Hall–Kier alpha value is -4.62. The Bertz CT molecular complexity index is 1830. The fourth-order valence-electron chi connectivity index (χ4n) is 5.81. The normalized spacial score (nSPS) is 10.8. The largest absolute Gasteiger partial charge is 0.310 e. The van der Waals surface area contributed by atoms with Crippen LogP contribution in [0.25, 0.3) is 0 Å². The molecule has 0 aliphatic rings. The molecule has 0 saturated carbocycles. The first-order valence-corrected chi connectivity index (χ1v) is 17.9. The molecule has 3 nitrogen and oxygen atoms in total. The van der Waals surface area contributed by atoms with Crippen LogP contribution < -0.4 is 14.7 Å². The van der Waals surface area contributed by atoms with Crippen LogP contribution in [0.3, 0.4) is 0 Å². The Morgan fingerprint density at radius 3 is 0.667 bits per heavy atom. The Balaban J connectivity index is 1.53. The molecule has 0 heterocycles. The highest BCUT2D eigenvalue weighted by Crippen LogP contribution is 2.46. The van der Waals surface area contributed by atoms with Gasteiger partial charge in [-0.05, 0) is 127 Å². The van der Waals surface area contributed by atoms with Crippen molar-refractivity contribution in [3.8, 4) is 0 Å². The lowest BCUT2D eigenvalue weighted by molar-refractivity contribution is 1.22. The Morgan fingerprint density at radius 1 is 0.229 bits per heavy atom. The molecule has 0 atom stereocenters. The van der Waals surface area contributed by atoms with Gasteiger partial charge in [-0.15, -0.1) is 0 Å². The lowest BCUT2D eigenvalue weighted by Crippen LogP contribution is -2.16. The van der Waals surface area contributed by atoms with Gasteiger partial charge in [0.25, 0.3) is 0 Å². The lowest BCUT2D eigenvalue weighted by Gasteiger charge is -2.33. The maximum Gasteiger partial charge on any atom is 0.0503 e. The van der Waals surface area contributed by atoms with Crippen molar-refractivity contribution in [2.75, 3.05) is 14.7 Å². The molecule has 234 valence electrons. The van der Waals surface area contributed by atoms with Crippen LogP contribution in [0.2, 0.25) is 0 Å². The van der Waals surface area contributed by atoms with Gasteiger partial charge >= 0.3 is 0 Å². The van der Waals surface area contributed by atoms with Gasteiger partial charge in [0, 0.05) is 47.5 Å². The van der Waals surface area contributed by atoms with E-state index in [0.717, 1.165) is 64.6 Å². The average molecular weight is 816 g/mol. The minimum absolute atomic E-state index is 1.02. The van der Waals surface area contributed by atoms with Crippen LogP contribution in [0.5, 0.6) is 0 Å². The number of anilines is 9. The van der Waals surface area contributed by atoms with Crippen LogP contribution in [-0.2, 0) is 0 Å². The maximum atomic E-state index is 3.64. The number of para-hydroxylation sites is 3. The zero-order valence-electron chi connectivity index (χ0n) is 25.8. The number of halogens is 3. The summed E-state index contributed by atoms with van der Waals surface area (Å²) in [6, 6.07) is 63.9. The Labute approximate surface area is 307 Å². The first-order valence-electron chi connectivity index (χ1n) is 15.5. The van der Waals surface area contributed by atoms with Crippen molar-refractivity contribution in [3.63, 3.8) is 0 Å². The molecule has 0 aliphatic carbocycles. The highest BCUT2D eigenvalue weighted by molar-refractivity contribution is 9.11. The SMILES string of the molecule is Brc1ccc(N(c2ccccc2)c2cc(N(c3ccccc3)c3ccc(Br)cc3)cc(N(c3ccccc3)c3ccc(Br)cc3)c2)cc1. The van der Waals surface area contributed by atoms with E-state index in [1.54, 1.807) is 0 Å². The maximum absolute atomic E-state index is 3.64. The average Bonchev–Trinajstić information content (AvgIpc) is 3.13. The van der Waals surface area contributed by atoms with Crippen molar-refractivity contribution in [1.82, 2.24) is 0 Å². The van der Waals surface area contributed by atoms with Gasteiger partial charge in [0.1, 0.15) is 0 Å². The van der Waals surface area contributed by atoms with E-state index < -0.39 is 0 Å². The highest BCUT2D eigenvalue weighted by Gasteiger charge is 2.22. The summed E-state index contributed by atoms with van der Waals surface area (Å²) in [7, 11) is 0. The van der Waals surface area contributed by atoms with Gasteiger partial charge in [0.05, 0.1) is 17.1 Å². The molecule has 0 amide bonds. The second-order valence-corrected chi connectivity index (χ2v) is 13.9. The predicted octanol–water partition coefficient (Wildman–Crippen LogP) is 14.4. The van der Waals surface area contributed by atoms with E-state index in [-0.39, 0.29) is 0 Å². The summed E-state index contributed by atoms with van der Waals surface area (Å²) < 4.78 is 3.10. The number of nitrogens with zero attached hydrogens (tertiary/aromatic N) is 3. The van der Waals surface area contributed by atoms with Gasteiger partial charge in [-0.3, -0.25) is 0 Å². The molecular weight excluding hydrogens is 786 g/mol. The molecule has 0 aromatic heterocycles. The van der Waals surface area contributed by atoms with Crippen molar-refractivity contribution < 1.29 is 0 Å². The molecule has 0 aliphatic heterocycles. The molecule has 6 heteroatoms. The molecule has 0 N–H and O–H groups in total. The molecule has 0 fully saturated rings. The third kappa shape index (κ3) is 7.12. The second kappa shape index (κ2) is 14.7. The third-order valence-electron chi connectivity index (χ3n) is 7.96. The number of rotatable bonds is 9. The third-order valence-corrected chi connectivity index (χ3v) is 9.55. The van der Waals surface area contributed by atoms with E-state index in [1.807, 2.05) is 0 Å². The van der Waals surface area contributed by atoms with E-state index >= 15 is 0 Å². The van der Waals surface area contributed by atoms with Crippen molar-refractivity contribution >= 4 is 99.0 Å². The minimum atomic E-state index is 1.02. The molecule has 0 radical (unpaired) electrons. The number of hydrogen-bond acceptors (Lipinski definition) is 3. The lowest BCUT2D eigenvalue weighted by atomic mass is 10.1. The summed E-state index contributed by atoms with van der Waals surface area (Å²) in [4.78, 5) is 6.94. The fourth-order valence-corrected chi connectivity index (χ4v) is 6.60. The van der Waals surface area contributed by atoms with E-state index in [9.17, 15) is 0 Å². The van der Waals surface area contributed by atoms with Gasteiger partial charge in [0.15, 0.2) is 0 Å². The van der Waals surface area contributed by atoms with E-state index in [2.05, 4.69) is 244 Å². The van der Waals surface area contributed by atoms with Crippen molar-refractivity contribution in [2.24, 2.45) is 0 Å². The van der Waals surface area contributed by atoms with Crippen LogP contribution >= 0.6 is 47.8 Å². The van der Waals surface area contributed by atoms with E-state index in [1.165, 1.54) is 0 Å². The fraction of sp³-hybridized carbons (Fsp3) is 0. The van der Waals surface area contributed by atoms with Gasteiger partial charge in [0.2, 0.25) is 0 Å². The van der Waals surface area contributed by atoms with Crippen molar-refractivity contribution in [2.45, 2.75) is 0 Å². The topological polar surface area (TPSA) is 9.72 Å². The summed E-state index contributed by atoms with van der Waals surface area (Å²) >= 11 is 10.9. The van der Waals surface area contributed by atoms with Gasteiger partial charge in [-0.1, -0.05) is 102 Å². The first-order chi connectivity index (χ1) is 23.5. The van der Waals surface area contributed by atoms with Crippen molar-refractivity contribution in [1.29, 1.82) is 0 Å². The molecule has 48 heavy (non-hydrogen) atoms. The minimum Gasteiger partial charge on any atom is -0.310 e. The summed E-state index contributed by atoms with van der Waals surface area (Å²) in [5, 5.41) is 0. The van der Waals surface area contributed by atoms with Gasteiger partial charge < -0.3 is 14.7 Å². The van der Waals surface area contributed by atoms with Gasteiger partial charge in [-0.25, -0.2) is 0 Å². The monoisotopic (exact) mass is 813 g/mol. The number of hydrogen-bond donors (Lipinski definition) is 0. The predicted molar refractivity (Wildman–Crippen MR) is 214 cm³/mol. The first kappa shape index (κ1) is 32.0. The van der Waals surface area contributed by atoms with E-state index in [4.69, 9.17) is 0 Å². The van der Waals surface area contributed by atoms with Crippen LogP contribution in [0.1, 0.15) is 0 Å². The molecule has 7 aromatic rings. The molecule has 7 aromatic carbocycles. The molecule has 7 rings (SSSR count). The zero-order valence-corrected chi connectivity index (χ0v) is 30.6. The standard InChI is InChI=1S/C42H30Br3N3/c43-31-16-22-37(23-17-31)46(34-10-4-1-5-11-34)40-28-41(47(35-12-6-2-7-13-35)38-24-18-32(44)19-25-38)30-42(29-40)48(36-14-8-3-9-15-36)39-26-20-33(45)21-27-39/h1-30H. The molecule has 0 saturated heterocycles. The second-order valence-electron chi connectivity index (χ2n) is 11.1. The van der Waals surface area contributed by atoms with Crippen LogP contribution in [-0.4, -0.2) is 0 Å². The molecule has 0 unspecified atom stereocenters. The van der Waals surface area contributed by atoms with Gasteiger partial charge in [-0.2, -0.15) is 0 Å². The summed E-state index contributed by atoms with van der Waals surface area (Å²) in [5.41, 5.74) is 9.41. The summed E-state index contributed by atoms with van der Waals surface area (Å²) in [5.74, 6) is 0.